The summed E-state index contributed by atoms with van der Waals surface area (Å²) in [6.07, 6.45) is 4.80. The maximum absolute atomic E-state index is 14.9. The molecule has 1 unspecified atom stereocenters. The molecule has 0 saturated carbocycles. The minimum absolute atomic E-state index is 0.196. The molecular formula is C44H47N5O6. The van der Waals surface area contributed by atoms with Gasteiger partial charge in [0.1, 0.15) is 28.5 Å². The van der Waals surface area contributed by atoms with E-state index in [0.29, 0.717) is 55.6 Å². The molecule has 7 rings (SSSR count). The van der Waals surface area contributed by atoms with Crippen molar-refractivity contribution in [2.45, 2.75) is 58.3 Å². The van der Waals surface area contributed by atoms with E-state index in [9.17, 15) is 9.59 Å². The highest BCUT2D eigenvalue weighted by Crippen LogP contribution is 2.32. The average Bonchev–Trinajstić information content (AvgIpc) is 3.81. The average molecular weight is 742 g/mol. The molecule has 0 radical (unpaired) electrons. The van der Waals surface area contributed by atoms with Crippen molar-refractivity contribution in [2.24, 2.45) is 0 Å². The summed E-state index contributed by atoms with van der Waals surface area (Å²) in [6.45, 7) is 4.37. The zero-order valence-electron chi connectivity index (χ0n) is 31.6. The number of imidazole rings is 1. The van der Waals surface area contributed by atoms with Crippen molar-refractivity contribution in [3.05, 3.63) is 137 Å². The van der Waals surface area contributed by atoms with E-state index >= 15 is 0 Å². The Morgan fingerprint density at radius 1 is 0.800 bits per heavy atom. The topological polar surface area (TPSA) is 100 Å². The highest BCUT2D eigenvalue weighted by molar-refractivity contribution is 5.89. The van der Waals surface area contributed by atoms with Gasteiger partial charge in [0.25, 0.3) is 0 Å². The third kappa shape index (κ3) is 8.46. The summed E-state index contributed by atoms with van der Waals surface area (Å²) in [5.41, 5.74) is 3.93. The molecule has 11 heteroatoms. The minimum Gasteiger partial charge on any atom is -0.497 e. The number of fused-ring (bicyclic) bond motifs is 1. The normalized spacial score (nSPS) is 13.9. The van der Waals surface area contributed by atoms with E-state index in [1.54, 1.807) is 34.5 Å². The summed E-state index contributed by atoms with van der Waals surface area (Å²) in [6, 6.07) is 34.7. The lowest BCUT2D eigenvalue weighted by Crippen LogP contribution is -2.40. The van der Waals surface area contributed by atoms with Crippen molar-refractivity contribution in [1.82, 2.24) is 19.0 Å². The highest BCUT2D eigenvalue weighted by Gasteiger charge is 2.32. The Hall–Kier alpha value is -6.23. The van der Waals surface area contributed by atoms with Gasteiger partial charge in [-0.25, -0.2) is 14.6 Å². The number of aromatic nitrogens is 3. The number of methoxy groups -OCH3 is 2. The van der Waals surface area contributed by atoms with E-state index in [2.05, 4.69) is 11.8 Å². The van der Waals surface area contributed by atoms with E-state index in [0.717, 1.165) is 59.6 Å². The monoisotopic (exact) mass is 741 g/mol. The minimum atomic E-state index is -0.325. The van der Waals surface area contributed by atoms with Gasteiger partial charge in [0.15, 0.2) is 5.82 Å². The van der Waals surface area contributed by atoms with Crippen molar-refractivity contribution in [1.29, 1.82) is 0 Å². The van der Waals surface area contributed by atoms with Crippen LogP contribution in [0.25, 0.3) is 16.7 Å². The molecule has 1 aliphatic rings. The maximum atomic E-state index is 14.9. The predicted molar refractivity (Wildman–Crippen MR) is 214 cm³/mol. The van der Waals surface area contributed by atoms with Crippen LogP contribution in [0.4, 0.5) is 10.6 Å². The Kier molecular flexibility index (Phi) is 11.7. The summed E-state index contributed by atoms with van der Waals surface area (Å²) in [4.78, 5) is 37.0. The quantitative estimate of drug-likeness (QED) is 0.0966. The van der Waals surface area contributed by atoms with Gasteiger partial charge < -0.3 is 28.7 Å². The molecule has 0 aliphatic carbocycles. The number of amides is 1. The summed E-state index contributed by atoms with van der Waals surface area (Å²) in [7, 11) is 3.31. The van der Waals surface area contributed by atoms with Gasteiger partial charge in [-0.3, -0.25) is 9.13 Å². The molecule has 1 atom stereocenters. The van der Waals surface area contributed by atoms with Crippen LogP contribution in [0.15, 0.2) is 120 Å². The number of nitrogens with zero attached hydrogens (tertiary/aromatic N) is 5. The number of hydrogen-bond donors (Lipinski definition) is 0. The van der Waals surface area contributed by atoms with Crippen molar-refractivity contribution in [3.63, 3.8) is 0 Å². The molecule has 6 aromatic rings. The number of carbonyl (C=O) groups is 1. The van der Waals surface area contributed by atoms with Gasteiger partial charge in [-0.05, 0) is 97.1 Å². The Morgan fingerprint density at radius 3 is 2.04 bits per heavy atom. The second kappa shape index (κ2) is 17.3. The largest absolute Gasteiger partial charge is 0.497 e. The Labute approximate surface area is 321 Å². The number of hydrogen-bond acceptors (Lipinski definition) is 8. The van der Waals surface area contributed by atoms with Crippen LogP contribution in [0.5, 0.6) is 23.0 Å². The molecule has 0 N–H and O–H groups in total. The molecule has 3 heterocycles. The predicted octanol–water partition coefficient (Wildman–Crippen LogP) is 8.60. The molecule has 1 fully saturated rings. The molecular weight excluding hydrogens is 695 g/mol. The fourth-order valence-electron chi connectivity index (χ4n) is 7.09. The number of anilines is 1. The number of unbranched alkanes of at least 4 members (excludes halogenated alkanes) is 1. The number of carbonyl (C=O) groups excluding carboxylic acids is 1. The molecule has 4 aromatic carbocycles. The molecule has 284 valence electrons. The van der Waals surface area contributed by atoms with E-state index in [-0.39, 0.29) is 17.8 Å². The van der Waals surface area contributed by atoms with E-state index in [1.165, 1.54) is 0 Å². The molecule has 0 bridgehead atoms. The number of likely N-dealkylation sites (tertiary alicyclic amines) is 1. The van der Waals surface area contributed by atoms with Gasteiger partial charge in [0, 0.05) is 32.4 Å². The lowest BCUT2D eigenvalue weighted by molar-refractivity contribution is 0.0942. The van der Waals surface area contributed by atoms with Crippen molar-refractivity contribution < 1.29 is 23.7 Å². The molecule has 1 saturated heterocycles. The smallest absolute Gasteiger partial charge is 0.410 e. The summed E-state index contributed by atoms with van der Waals surface area (Å²) < 4.78 is 26.1. The summed E-state index contributed by atoms with van der Waals surface area (Å²) in [5, 5.41) is 0. The number of benzene rings is 4. The van der Waals surface area contributed by atoms with Crippen LogP contribution in [0.3, 0.4) is 0 Å². The van der Waals surface area contributed by atoms with Crippen LogP contribution in [-0.4, -0.2) is 58.5 Å². The molecule has 1 amide bonds. The van der Waals surface area contributed by atoms with Crippen LogP contribution in [0.1, 0.15) is 43.7 Å². The van der Waals surface area contributed by atoms with Gasteiger partial charge >= 0.3 is 11.8 Å². The zero-order chi connectivity index (χ0) is 38.1. The molecule has 11 nitrogen and oxygen atoms in total. The standard InChI is InChI=1S/C44H47N5O6/c1-4-5-28-54-44(51)47-27-9-10-35(47)31-48-40-25-26-45-42(41(40)49(43(48)50)34-17-23-39(24-18-34)55-38-11-7-6-8-12-38)46(29-32-13-19-36(52-2)20-14-32)30-33-15-21-37(53-3)22-16-33/h6-8,11-26,35H,4-5,9-10,27-31H2,1-3H3. The first-order chi connectivity index (χ1) is 26.9. The first-order valence-corrected chi connectivity index (χ1v) is 18.8. The van der Waals surface area contributed by atoms with Gasteiger partial charge in [-0.1, -0.05) is 55.8 Å². The third-order valence-corrected chi connectivity index (χ3v) is 9.99. The first kappa shape index (κ1) is 37.1. The second-order valence-corrected chi connectivity index (χ2v) is 13.6. The fraction of sp³-hybridized carbons (Fsp3) is 0.295. The lowest BCUT2D eigenvalue weighted by Gasteiger charge is -2.26. The molecule has 0 spiro atoms. The van der Waals surface area contributed by atoms with Crippen molar-refractivity contribution in [3.8, 4) is 28.7 Å². The Morgan fingerprint density at radius 2 is 1.42 bits per heavy atom. The Balaban J connectivity index is 1.33. The van der Waals surface area contributed by atoms with Crippen molar-refractivity contribution >= 4 is 22.9 Å². The summed E-state index contributed by atoms with van der Waals surface area (Å²) >= 11 is 0. The maximum Gasteiger partial charge on any atom is 0.410 e. The Bertz CT molecular complexity index is 2190. The van der Waals surface area contributed by atoms with Gasteiger partial charge in [-0.15, -0.1) is 0 Å². The fourth-order valence-corrected chi connectivity index (χ4v) is 7.09. The number of pyridine rings is 1. The van der Waals surface area contributed by atoms with Crippen molar-refractivity contribution in [2.75, 3.05) is 32.3 Å². The van der Waals surface area contributed by atoms with Crippen LogP contribution in [0, 0.1) is 0 Å². The van der Waals surface area contributed by atoms with Crippen LogP contribution < -0.4 is 24.8 Å². The SMILES string of the molecule is CCCCOC(=O)N1CCCC1Cn1c(=O)n(-c2ccc(Oc3ccccc3)cc2)c2c(N(Cc3ccc(OC)cc3)Cc3ccc(OC)cc3)nccc21. The van der Waals surface area contributed by atoms with Gasteiger partial charge in [-0.2, -0.15) is 0 Å². The number of para-hydroxylation sites is 1. The number of ether oxygens (including phenoxy) is 4. The molecule has 2 aromatic heterocycles. The molecule has 1 aliphatic heterocycles. The van der Waals surface area contributed by atoms with E-state index < -0.39 is 0 Å². The molecule has 55 heavy (non-hydrogen) atoms. The zero-order valence-corrected chi connectivity index (χ0v) is 31.6. The van der Waals surface area contributed by atoms with Crippen LogP contribution in [-0.2, 0) is 24.4 Å². The second-order valence-electron chi connectivity index (χ2n) is 13.6. The van der Waals surface area contributed by atoms with Crippen LogP contribution in [0.2, 0.25) is 0 Å². The van der Waals surface area contributed by atoms with E-state index in [1.807, 2.05) is 109 Å². The number of rotatable bonds is 15. The van der Waals surface area contributed by atoms with Crippen LogP contribution >= 0.6 is 0 Å². The first-order valence-electron chi connectivity index (χ1n) is 18.8. The summed E-state index contributed by atoms with van der Waals surface area (Å²) in [5.74, 6) is 3.55. The lowest BCUT2D eigenvalue weighted by atomic mass is 10.1. The van der Waals surface area contributed by atoms with Gasteiger partial charge in [0.05, 0.1) is 38.1 Å². The van der Waals surface area contributed by atoms with Gasteiger partial charge in [0.2, 0.25) is 0 Å². The third-order valence-electron chi connectivity index (χ3n) is 9.99. The highest BCUT2D eigenvalue weighted by atomic mass is 16.6. The van der Waals surface area contributed by atoms with E-state index in [4.69, 9.17) is 23.9 Å².